The summed E-state index contributed by atoms with van der Waals surface area (Å²) in [6.45, 7) is 3.10. The molecule has 2 N–H and O–H groups in total. The van der Waals surface area contributed by atoms with Crippen molar-refractivity contribution >= 4 is 37.8 Å². The van der Waals surface area contributed by atoms with Gasteiger partial charge in [0.25, 0.3) is 10.0 Å². The van der Waals surface area contributed by atoms with Crippen molar-refractivity contribution in [3.63, 3.8) is 0 Å². The SMILES string of the molecule is CCOn1c(SCC)nn(C(=O)NS(=O)(=O)c2ccccc2S(=O)(=O)NCOC)c1=O. The van der Waals surface area contributed by atoms with Crippen LogP contribution in [0.3, 0.4) is 0 Å². The van der Waals surface area contributed by atoms with Crippen LogP contribution in [-0.2, 0) is 24.8 Å². The first-order valence-corrected chi connectivity index (χ1v) is 12.7. The normalized spacial score (nSPS) is 12.0. The fraction of sp³-hybridized carbons (Fsp3) is 0.400. The van der Waals surface area contributed by atoms with Gasteiger partial charge in [0.1, 0.15) is 23.1 Å². The molecule has 2 aromatic rings. The largest absolute Gasteiger partial charge is 0.407 e. The predicted molar refractivity (Wildman–Crippen MR) is 110 cm³/mol. The average Bonchev–Trinajstić information content (AvgIpc) is 3.02. The van der Waals surface area contributed by atoms with Gasteiger partial charge in [-0.25, -0.2) is 31.1 Å². The van der Waals surface area contributed by atoms with Gasteiger partial charge in [0.2, 0.25) is 15.2 Å². The molecule has 0 atom stereocenters. The molecule has 0 saturated heterocycles. The maximum Gasteiger partial charge on any atom is 0.388 e. The molecule has 0 aliphatic carbocycles. The Morgan fingerprint density at radius 1 is 1.13 bits per heavy atom. The topological polar surface area (TPSA) is 168 Å². The van der Waals surface area contributed by atoms with Crippen LogP contribution in [0.15, 0.2) is 44.0 Å². The monoisotopic (exact) mass is 495 g/mol. The summed E-state index contributed by atoms with van der Waals surface area (Å²) in [6, 6.07) is 3.23. The second-order valence-electron chi connectivity index (χ2n) is 5.56. The van der Waals surface area contributed by atoms with E-state index in [0.717, 1.165) is 28.6 Å². The zero-order valence-corrected chi connectivity index (χ0v) is 19.2. The molecule has 31 heavy (non-hydrogen) atoms. The lowest BCUT2D eigenvalue weighted by molar-refractivity contribution is 0.0935. The number of carbonyl (C=O) groups excluding carboxylic acids is 1. The summed E-state index contributed by atoms with van der Waals surface area (Å²) in [5, 5.41) is 3.84. The number of sulfonamides is 2. The molecular formula is C15H21N5O8S3. The Bertz CT molecular complexity index is 1200. The molecule has 0 unspecified atom stereocenters. The number of thioether (sulfide) groups is 1. The molecule has 1 aromatic carbocycles. The van der Waals surface area contributed by atoms with E-state index in [2.05, 4.69) is 14.6 Å². The fourth-order valence-corrected chi connectivity index (χ4v) is 5.59. The van der Waals surface area contributed by atoms with Gasteiger partial charge in [-0.05, 0) is 24.8 Å². The number of aromatic nitrogens is 3. The molecule has 0 fully saturated rings. The average molecular weight is 496 g/mol. The minimum Gasteiger partial charge on any atom is -0.407 e. The second-order valence-corrected chi connectivity index (χ2v) is 10.2. The summed E-state index contributed by atoms with van der Waals surface area (Å²) in [5.41, 5.74) is -1.02. The van der Waals surface area contributed by atoms with Crippen LogP contribution in [0, 0.1) is 0 Å². The van der Waals surface area contributed by atoms with E-state index in [-0.39, 0.29) is 16.4 Å². The van der Waals surface area contributed by atoms with Crippen molar-refractivity contribution in [2.75, 3.05) is 26.2 Å². The minimum atomic E-state index is -4.71. The van der Waals surface area contributed by atoms with Crippen LogP contribution < -0.4 is 20.0 Å². The van der Waals surface area contributed by atoms with Crippen molar-refractivity contribution in [3.05, 3.63) is 34.7 Å². The van der Waals surface area contributed by atoms with Gasteiger partial charge in [-0.15, -0.1) is 14.5 Å². The molecule has 2 rings (SSSR count). The number of nitrogens with one attached hydrogen (secondary N) is 2. The van der Waals surface area contributed by atoms with Crippen molar-refractivity contribution in [1.29, 1.82) is 0 Å². The third-order valence-electron chi connectivity index (χ3n) is 3.48. The Balaban J connectivity index is 2.44. The third-order valence-corrected chi connectivity index (χ3v) is 7.22. The van der Waals surface area contributed by atoms with Crippen LogP contribution in [0.1, 0.15) is 13.8 Å². The molecule has 172 valence electrons. The van der Waals surface area contributed by atoms with E-state index in [4.69, 9.17) is 4.84 Å². The van der Waals surface area contributed by atoms with Crippen molar-refractivity contribution in [1.82, 2.24) is 24.0 Å². The smallest absolute Gasteiger partial charge is 0.388 e. The van der Waals surface area contributed by atoms with Crippen molar-refractivity contribution in [2.45, 2.75) is 28.8 Å². The molecular weight excluding hydrogens is 474 g/mol. The summed E-state index contributed by atoms with van der Waals surface area (Å²) in [5.74, 6) is 0.503. The molecule has 1 aromatic heterocycles. The lowest BCUT2D eigenvalue weighted by atomic mass is 10.4. The lowest BCUT2D eigenvalue weighted by Gasteiger charge is -2.12. The van der Waals surface area contributed by atoms with Crippen molar-refractivity contribution in [2.24, 2.45) is 0 Å². The first-order valence-electron chi connectivity index (χ1n) is 8.72. The number of nitrogens with zero attached hydrogens (tertiary/aromatic N) is 3. The molecule has 16 heteroatoms. The number of carbonyl (C=O) groups is 1. The maximum absolute atomic E-state index is 12.8. The van der Waals surface area contributed by atoms with Gasteiger partial charge < -0.3 is 9.57 Å². The van der Waals surface area contributed by atoms with Gasteiger partial charge in [-0.2, -0.15) is 4.72 Å². The zero-order chi connectivity index (χ0) is 23.2. The van der Waals surface area contributed by atoms with E-state index < -0.39 is 48.3 Å². The molecule has 1 heterocycles. The Kier molecular flexibility index (Phi) is 8.24. The molecule has 1 amide bonds. The van der Waals surface area contributed by atoms with Crippen molar-refractivity contribution < 1.29 is 31.2 Å². The van der Waals surface area contributed by atoms with Crippen LogP contribution in [0.25, 0.3) is 0 Å². The van der Waals surface area contributed by atoms with Crippen LogP contribution in [-0.4, -0.2) is 63.6 Å². The Morgan fingerprint density at radius 2 is 1.74 bits per heavy atom. The molecule has 0 aliphatic heterocycles. The highest BCUT2D eigenvalue weighted by atomic mass is 32.2. The fourth-order valence-electron chi connectivity index (χ4n) is 2.25. The summed E-state index contributed by atoms with van der Waals surface area (Å²) in [7, 11) is -7.74. The lowest BCUT2D eigenvalue weighted by Crippen LogP contribution is -2.42. The Labute approximate surface area is 182 Å². The summed E-state index contributed by atoms with van der Waals surface area (Å²) >= 11 is 1.10. The van der Waals surface area contributed by atoms with E-state index >= 15 is 0 Å². The Hall–Kier alpha value is -2.40. The molecule has 0 spiro atoms. The van der Waals surface area contributed by atoms with Crippen LogP contribution in [0.2, 0.25) is 0 Å². The zero-order valence-electron chi connectivity index (χ0n) is 16.8. The highest BCUT2D eigenvalue weighted by Crippen LogP contribution is 2.20. The van der Waals surface area contributed by atoms with E-state index in [9.17, 15) is 26.4 Å². The van der Waals surface area contributed by atoms with E-state index in [0.29, 0.717) is 5.75 Å². The number of benzene rings is 1. The number of hydrogen-bond acceptors (Lipinski definition) is 10. The second kappa shape index (κ2) is 10.3. The number of ether oxygens (including phenoxy) is 1. The molecule has 0 radical (unpaired) electrons. The van der Waals surface area contributed by atoms with E-state index in [1.165, 1.54) is 19.2 Å². The van der Waals surface area contributed by atoms with Crippen LogP contribution in [0.5, 0.6) is 0 Å². The minimum absolute atomic E-state index is 0.0497. The number of hydrogen-bond donors (Lipinski definition) is 2. The van der Waals surface area contributed by atoms with Gasteiger partial charge >= 0.3 is 11.7 Å². The standard InChI is InChI=1S/C15H21N5O8S3/c1-4-28-20-14(29-5-2)17-19(15(20)22)13(21)18-31(25,26)12-9-7-6-8-11(12)30(23,24)16-10-27-3/h6-9,16H,4-5,10H2,1-3H3,(H,18,21). The Morgan fingerprint density at radius 3 is 2.29 bits per heavy atom. The first kappa shape index (κ1) is 24.9. The van der Waals surface area contributed by atoms with Gasteiger partial charge in [-0.3, -0.25) is 0 Å². The van der Waals surface area contributed by atoms with Gasteiger partial charge in [0.15, 0.2) is 0 Å². The van der Waals surface area contributed by atoms with Gasteiger partial charge in [-0.1, -0.05) is 30.8 Å². The number of rotatable bonds is 10. The maximum atomic E-state index is 12.8. The molecule has 0 saturated carbocycles. The van der Waals surface area contributed by atoms with Crippen molar-refractivity contribution in [3.8, 4) is 0 Å². The van der Waals surface area contributed by atoms with Crippen LogP contribution >= 0.6 is 11.8 Å². The van der Waals surface area contributed by atoms with Gasteiger partial charge in [0, 0.05) is 7.11 Å². The summed E-state index contributed by atoms with van der Waals surface area (Å²) < 4.78 is 59.7. The molecule has 0 aliphatic rings. The predicted octanol–water partition coefficient (Wildman–Crippen LogP) is -0.566. The van der Waals surface area contributed by atoms with Crippen LogP contribution in [0.4, 0.5) is 4.79 Å². The first-order chi connectivity index (χ1) is 14.6. The van der Waals surface area contributed by atoms with Gasteiger partial charge in [0.05, 0.1) is 0 Å². The molecule has 0 bridgehead atoms. The third kappa shape index (κ3) is 5.65. The highest BCUT2D eigenvalue weighted by molar-refractivity contribution is 7.99. The summed E-state index contributed by atoms with van der Waals surface area (Å²) in [4.78, 5) is 28.7. The highest BCUT2D eigenvalue weighted by Gasteiger charge is 2.29. The summed E-state index contributed by atoms with van der Waals surface area (Å²) in [6.07, 6.45) is 0. The number of amides is 1. The molecule has 13 nitrogen and oxygen atoms in total. The van der Waals surface area contributed by atoms with E-state index in [1.54, 1.807) is 18.6 Å². The van der Waals surface area contributed by atoms with E-state index in [1.807, 2.05) is 0 Å². The number of methoxy groups -OCH3 is 1. The quantitative estimate of drug-likeness (QED) is 0.322.